The van der Waals surface area contributed by atoms with Gasteiger partial charge in [0.15, 0.2) is 0 Å². The number of aromatic nitrogens is 4. The minimum atomic E-state index is -4.50. The Labute approximate surface area is 213 Å². The molecule has 1 aliphatic carbocycles. The molecule has 2 aromatic heterocycles. The van der Waals surface area contributed by atoms with Gasteiger partial charge in [-0.15, -0.1) is 0 Å². The van der Waals surface area contributed by atoms with E-state index < -0.39 is 58.7 Å². The minimum Gasteiger partial charge on any atom is -0.390 e. The standard InChI is InChI=1S/C22H22F4N6O5S/c23-18-17(7-13(19(18)33)10-37-38(27,35)36)30-21-15(8-28-11-29-21)20(34)16-4-5-32(31-16)9-12-2-1-3-14(6-12)22(24,25)26/h1-6,8,11,13,17-19,33H,7,9-10H2,(H2,27,35,36)(H,28,29,30)/t13-,17-,18-,19-/m1/s1. The van der Waals surface area contributed by atoms with Crippen molar-refractivity contribution in [3.8, 4) is 0 Å². The molecule has 0 spiro atoms. The van der Waals surface area contributed by atoms with E-state index >= 15 is 0 Å². The maximum atomic E-state index is 14.7. The van der Waals surface area contributed by atoms with Crippen LogP contribution in [-0.2, 0) is 27.2 Å². The van der Waals surface area contributed by atoms with E-state index in [2.05, 4.69) is 24.6 Å². The molecule has 3 aromatic rings. The zero-order valence-electron chi connectivity index (χ0n) is 19.4. The fourth-order valence-electron chi connectivity index (χ4n) is 4.11. The van der Waals surface area contributed by atoms with E-state index in [9.17, 15) is 35.9 Å². The number of carbonyl (C=O) groups excluding carboxylic acids is 1. The number of aliphatic hydroxyl groups is 1. The first-order valence-corrected chi connectivity index (χ1v) is 12.6. The lowest BCUT2D eigenvalue weighted by Gasteiger charge is -2.18. The van der Waals surface area contributed by atoms with Gasteiger partial charge in [0.25, 0.3) is 0 Å². The van der Waals surface area contributed by atoms with Crippen molar-refractivity contribution in [2.24, 2.45) is 11.1 Å². The summed E-state index contributed by atoms with van der Waals surface area (Å²) in [5.74, 6) is -1.59. The van der Waals surface area contributed by atoms with Crippen molar-refractivity contribution < 1.29 is 40.1 Å². The average molecular weight is 559 g/mol. The van der Waals surface area contributed by atoms with Crippen molar-refractivity contribution in [2.75, 3.05) is 11.9 Å². The van der Waals surface area contributed by atoms with Gasteiger partial charge in [0.2, 0.25) is 5.78 Å². The molecule has 0 aliphatic heterocycles. The number of nitrogens with zero attached hydrogens (tertiary/aromatic N) is 4. The number of aliphatic hydroxyl groups excluding tert-OH is 1. The number of rotatable bonds is 9. The SMILES string of the molecule is NS(=O)(=O)OC[C@H]1C[C@@H](Nc2ncncc2C(=O)c2ccn(Cc3cccc(C(F)(F)F)c3)n2)[C@@H](F)[C@@H]1O. The van der Waals surface area contributed by atoms with Crippen molar-refractivity contribution in [1.82, 2.24) is 19.7 Å². The summed E-state index contributed by atoms with van der Waals surface area (Å²) in [6, 6.07) is 5.03. The number of nitrogens with two attached hydrogens (primary N) is 1. The summed E-state index contributed by atoms with van der Waals surface area (Å²) in [5, 5.41) is 21.8. The molecule has 4 atom stereocenters. The third kappa shape index (κ3) is 6.50. The highest BCUT2D eigenvalue weighted by molar-refractivity contribution is 7.84. The summed E-state index contributed by atoms with van der Waals surface area (Å²) in [6.45, 7) is -0.559. The largest absolute Gasteiger partial charge is 0.416 e. The predicted octanol–water partition coefficient (Wildman–Crippen LogP) is 1.69. The topological polar surface area (TPSA) is 162 Å². The fourth-order valence-corrected chi connectivity index (χ4v) is 4.47. The smallest absolute Gasteiger partial charge is 0.390 e. The third-order valence-corrected chi connectivity index (χ3v) is 6.41. The summed E-state index contributed by atoms with van der Waals surface area (Å²) in [6.07, 6.45) is -4.22. The molecular weight excluding hydrogens is 536 g/mol. The van der Waals surface area contributed by atoms with Crippen LogP contribution in [0.25, 0.3) is 0 Å². The molecule has 204 valence electrons. The second kappa shape index (κ2) is 10.7. The van der Waals surface area contributed by atoms with Gasteiger partial charge in [-0.1, -0.05) is 12.1 Å². The number of ketones is 1. The van der Waals surface area contributed by atoms with Crippen molar-refractivity contribution >= 4 is 21.9 Å². The molecule has 0 unspecified atom stereocenters. The number of alkyl halides is 4. The molecule has 0 saturated heterocycles. The summed E-state index contributed by atoms with van der Waals surface area (Å²) in [7, 11) is -4.28. The Balaban J connectivity index is 1.47. The van der Waals surface area contributed by atoms with Gasteiger partial charge in [-0.3, -0.25) is 13.7 Å². The molecule has 0 bridgehead atoms. The summed E-state index contributed by atoms with van der Waals surface area (Å²) in [5.41, 5.74) is -0.611. The molecule has 1 saturated carbocycles. The lowest BCUT2D eigenvalue weighted by Crippen LogP contribution is -2.33. The molecule has 0 amide bonds. The zero-order valence-corrected chi connectivity index (χ0v) is 20.2. The van der Waals surface area contributed by atoms with E-state index in [0.29, 0.717) is 5.56 Å². The van der Waals surface area contributed by atoms with Crippen molar-refractivity contribution in [1.29, 1.82) is 0 Å². The summed E-state index contributed by atoms with van der Waals surface area (Å²) in [4.78, 5) is 20.9. The lowest BCUT2D eigenvalue weighted by atomic mass is 10.1. The second-order valence-electron chi connectivity index (χ2n) is 8.67. The molecule has 1 aliphatic rings. The number of carbonyl (C=O) groups is 1. The molecule has 4 rings (SSSR count). The zero-order chi connectivity index (χ0) is 27.7. The molecule has 4 N–H and O–H groups in total. The minimum absolute atomic E-state index is 0.0287. The van der Waals surface area contributed by atoms with Crippen molar-refractivity contribution in [3.63, 3.8) is 0 Å². The van der Waals surface area contributed by atoms with Crippen LogP contribution in [0.2, 0.25) is 0 Å². The van der Waals surface area contributed by atoms with E-state index in [0.717, 1.165) is 18.5 Å². The van der Waals surface area contributed by atoms with Gasteiger partial charge >= 0.3 is 16.5 Å². The molecular formula is C22H22F4N6O5S. The van der Waals surface area contributed by atoms with E-state index in [-0.39, 0.29) is 30.0 Å². The van der Waals surface area contributed by atoms with Gasteiger partial charge in [-0.05, 0) is 30.2 Å². The van der Waals surface area contributed by atoms with Gasteiger partial charge < -0.3 is 10.4 Å². The van der Waals surface area contributed by atoms with Gasteiger partial charge in [0.05, 0.1) is 36.4 Å². The predicted molar refractivity (Wildman–Crippen MR) is 124 cm³/mol. The van der Waals surface area contributed by atoms with Gasteiger partial charge in [0.1, 0.15) is 24.0 Å². The first kappa shape index (κ1) is 27.6. The van der Waals surface area contributed by atoms with Crippen LogP contribution in [0.4, 0.5) is 23.4 Å². The molecule has 16 heteroatoms. The Morgan fingerprint density at radius 1 is 1.29 bits per heavy atom. The monoisotopic (exact) mass is 558 g/mol. The van der Waals surface area contributed by atoms with Crippen LogP contribution in [0, 0.1) is 5.92 Å². The average Bonchev–Trinajstić information content (AvgIpc) is 3.42. The molecule has 1 fully saturated rings. The van der Waals surface area contributed by atoms with Crippen LogP contribution >= 0.6 is 0 Å². The van der Waals surface area contributed by atoms with E-state index in [1.165, 1.54) is 35.3 Å². The highest BCUT2D eigenvalue weighted by Crippen LogP contribution is 2.32. The quantitative estimate of drug-likeness (QED) is 0.262. The van der Waals surface area contributed by atoms with Crippen molar-refractivity contribution in [2.45, 2.75) is 37.5 Å². The number of hydrogen-bond donors (Lipinski definition) is 3. The van der Waals surface area contributed by atoms with E-state index in [1.54, 1.807) is 0 Å². The molecule has 1 aromatic carbocycles. The van der Waals surface area contributed by atoms with Crippen LogP contribution in [-0.4, -0.2) is 64.0 Å². The van der Waals surface area contributed by atoms with Gasteiger partial charge in [-0.25, -0.2) is 19.5 Å². The first-order chi connectivity index (χ1) is 17.8. The Kier molecular flexibility index (Phi) is 7.78. The summed E-state index contributed by atoms with van der Waals surface area (Å²) >= 11 is 0. The molecule has 38 heavy (non-hydrogen) atoms. The number of anilines is 1. The first-order valence-electron chi connectivity index (χ1n) is 11.1. The Morgan fingerprint density at radius 2 is 2.05 bits per heavy atom. The normalized spacial score (nSPS) is 21.9. The number of nitrogens with one attached hydrogen (secondary N) is 1. The Bertz CT molecular complexity index is 1420. The van der Waals surface area contributed by atoms with Crippen LogP contribution in [0.1, 0.15) is 33.6 Å². The maximum absolute atomic E-state index is 14.7. The van der Waals surface area contributed by atoms with Crippen molar-refractivity contribution in [3.05, 3.63) is 71.4 Å². The number of halogens is 4. The fraction of sp³-hybridized carbons (Fsp3) is 0.364. The van der Waals surface area contributed by atoms with Gasteiger partial charge in [0, 0.05) is 18.3 Å². The van der Waals surface area contributed by atoms with Crippen LogP contribution < -0.4 is 10.5 Å². The maximum Gasteiger partial charge on any atom is 0.416 e. The Morgan fingerprint density at radius 3 is 2.76 bits per heavy atom. The molecule has 11 nitrogen and oxygen atoms in total. The number of benzene rings is 1. The Hall–Kier alpha value is -3.47. The summed E-state index contributed by atoms with van der Waals surface area (Å²) < 4.78 is 81.5. The van der Waals surface area contributed by atoms with Crippen LogP contribution in [0.15, 0.2) is 49.1 Å². The van der Waals surface area contributed by atoms with E-state index in [1.807, 2.05) is 0 Å². The highest BCUT2D eigenvalue weighted by Gasteiger charge is 2.44. The molecule has 2 heterocycles. The lowest BCUT2D eigenvalue weighted by molar-refractivity contribution is -0.137. The number of hydrogen-bond acceptors (Lipinski definition) is 9. The van der Waals surface area contributed by atoms with Crippen LogP contribution in [0.5, 0.6) is 0 Å². The van der Waals surface area contributed by atoms with E-state index in [4.69, 9.17) is 5.14 Å². The molecule has 0 radical (unpaired) electrons. The highest BCUT2D eigenvalue weighted by atomic mass is 32.2. The second-order valence-corrected chi connectivity index (χ2v) is 9.89. The van der Waals surface area contributed by atoms with Crippen LogP contribution in [0.3, 0.4) is 0 Å². The third-order valence-electron chi connectivity index (χ3n) is 5.95. The van der Waals surface area contributed by atoms with Gasteiger partial charge in [-0.2, -0.15) is 26.7 Å².